The summed E-state index contributed by atoms with van der Waals surface area (Å²) < 4.78 is 24.9. The molecule has 3 heterocycles. The second-order valence-electron chi connectivity index (χ2n) is 8.58. The van der Waals surface area contributed by atoms with Gasteiger partial charge < -0.3 is 14.4 Å². The lowest BCUT2D eigenvalue weighted by molar-refractivity contribution is -0.142. The number of nitrogens with zero attached hydrogens (tertiary/aromatic N) is 4. The Kier molecular flexibility index (Phi) is 6.63. The van der Waals surface area contributed by atoms with Gasteiger partial charge in [0.05, 0.1) is 23.7 Å². The number of amides is 2. The fraction of sp³-hybridized carbons (Fsp3) is 0.609. The van der Waals surface area contributed by atoms with Crippen LogP contribution in [0.4, 0.5) is 9.18 Å². The first-order valence-corrected chi connectivity index (χ1v) is 11.2. The summed E-state index contributed by atoms with van der Waals surface area (Å²) in [7, 11) is 0. The van der Waals surface area contributed by atoms with Crippen molar-refractivity contribution in [2.75, 3.05) is 32.8 Å². The number of fused-ring (bicyclic) bond motifs is 1. The van der Waals surface area contributed by atoms with Crippen LogP contribution in [0.2, 0.25) is 0 Å². The molecule has 3 aliphatic rings. The third kappa shape index (κ3) is 4.30. The third-order valence-electron chi connectivity index (χ3n) is 6.60. The molecule has 4 rings (SSSR count). The minimum Gasteiger partial charge on any atom is -0.442 e. The van der Waals surface area contributed by atoms with Crippen molar-refractivity contribution in [2.45, 2.75) is 57.5 Å². The van der Waals surface area contributed by atoms with Crippen LogP contribution in [0.1, 0.15) is 37.8 Å². The highest BCUT2D eigenvalue weighted by Gasteiger charge is 2.51. The lowest BCUT2D eigenvalue weighted by atomic mass is 10.1. The van der Waals surface area contributed by atoms with E-state index in [4.69, 9.17) is 9.47 Å². The van der Waals surface area contributed by atoms with Gasteiger partial charge in [-0.3, -0.25) is 14.6 Å². The zero-order valence-electron chi connectivity index (χ0n) is 18.5. The van der Waals surface area contributed by atoms with Crippen molar-refractivity contribution in [3.8, 4) is 6.07 Å². The Morgan fingerprint density at radius 2 is 2.16 bits per heavy atom. The first kappa shape index (κ1) is 22.5. The predicted molar refractivity (Wildman–Crippen MR) is 113 cm³/mol. The maximum absolute atomic E-state index is 13.7. The maximum atomic E-state index is 13.7. The number of halogens is 1. The second-order valence-corrected chi connectivity index (χ2v) is 8.58. The Hall–Kier alpha value is -2.70. The van der Waals surface area contributed by atoms with Crippen LogP contribution in [0.3, 0.4) is 0 Å². The Balaban J connectivity index is 1.41. The summed E-state index contributed by atoms with van der Waals surface area (Å²) in [4.78, 5) is 31.1. The molecule has 0 radical (unpaired) electrons. The van der Waals surface area contributed by atoms with Gasteiger partial charge in [-0.2, -0.15) is 5.26 Å². The molecule has 0 spiro atoms. The molecule has 3 aliphatic heterocycles. The minimum atomic E-state index is -0.445. The van der Waals surface area contributed by atoms with Crippen LogP contribution in [0.25, 0.3) is 0 Å². The van der Waals surface area contributed by atoms with Gasteiger partial charge in [-0.1, -0.05) is 6.92 Å². The molecule has 9 heteroatoms. The highest BCUT2D eigenvalue weighted by molar-refractivity contribution is 5.81. The van der Waals surface area contributed by atoms with E-state index in [1.807, 2.05) is 13.8 Å². The van der Waals surface area contributed by atoms with E-state index in [1.54, 1.807) is 9.80 Å². The van der Waals surface area contributed by atoms with E-state index >= 15 is 0 Å². The van der Waals surface area contributed by atoms with Gasteiger partial charge in [0.2, 0.25) is 0 Å². The molecular formula is C23H29FN4O4. The number of benzene rings is 1. The quantitative estimate of drug-likeness (QED) is 0.640. The van der Waals surface area contributed by atoms with Crippen molar-refractivity contribution in [1.29, 1.82) is 5.26 Å². The smallest absolute Gasteiger partial charge is 0.410 e. The van der Waals surface area contributed by atoms with Crippen LogP contribution in [0.5, 0.6) is 0 Å². The van der Waals surface area contributed by atoms with Gasteiger partial charge in [-0.05, 0) is 43.5 Å². The maximum Gasteiger partial charge on any atom is 0.410 e. The number of nitriles is 1. The summed E-state index contributed by atoms with van der Waals surface area (Å²) >= 11 is 0. The monoisotopic (exact) mass is 444 g/mol. The first-order valence-electron chi connectivity index (χ1n) is 11.2. The molecule has 1 aromatic rings. The number of carbonyl (C=O) groups excluding carboxylic acids is 2. The zero-order valence-corrected chi connectivity index (χ0v) is 18.5. The second kappa shape index (κ2) is 9.43. The molecule has 32 heavy (non-hydrogen) atoms. The summed E-state index contributed by atoms with van der Waals surface area (Å²) in [5.74, 6) is -0.399. The van der Waals surface area contributed by atoms with Crippen molar-refractivity contribution >= 4 is 12.0 Å². The van der Waals surface area contributed by atoms with Crippen molar-refractivity contribution in [1.82, 2.24) is 14.7 Å². The Labute approximate surface area is 187 Å². The molecule has 0 aliphatic carbocycles. The lowest BCUT2D eigenvalue weighted by Gasteiger charge is -2.28. The van der Waals surface area contributed by atoms with Crippen LogP contribution in [-0.4, -0.2) is 83.8 Å². The fourth-order valence-electron chi connectivity index (χ4n) is 5.07. The minimum absolute atomic E-state index is 0.0239. The summed E-state index contributed by atoms with van der Waals surface area (Å²) in [6.45, 7) is 6.88. The van der Waals surface area contributed by atoms with E-state index < -0.39 is 6.10 Å². The number of likely N-dealkylation sites (tertiary alicyclic amines) is 2. The zero-order chi connectivity index (χ0) is 22.8. The van der Waals surface area contributed by atoms with E-state index in [0.717, 1.165) is 0 Å². The van der Waals surface area contributed by atoms with Gasteiger partial charge in [-0.25, -0.2) is 9.18 Å². The van der Waals surface area contributed by atoms with Gasteiger partial charge in [0, 0.05) is 39.3 Å². The molecule has 2 amide bonds. The molecule has 0 bridgehead atoms. The molecule has 0 aromatic heterocycles. The van der Waals surface area contributed by atoms with Crippen LogP contribution < -0.4 is 0 Å². The number of ether oxygens (including phenoxy) is 2. The van der Waals surface area contributed by atoms with Gasteiger partial charge in [-0.15, -0.1) is 0 Å². The van der Waals surface area contributed by atoms with Crippen molar-refractivity contribution in [2.24, 2.45) is 0 Å². The Bertz CT molecular complexity index is 920. The van der Waals surface area contributed by atoms with Crippen molar-refractivity contribution < 1.29 is 23.5 Å². The Morgan fingerprint density at radius 3 is 2.88 bits per heavy atom. The molecule has 0 N–H and O–H groups in total. The topological polar surface area (TPSA) is 86.1 Å². The fourth-order valence-corrected chi connectivity index (χ4v) is 5.07. The Morgan fingerprint density at radius 1 is 1.34 bits per heavy atom. The number of rotatable bonds is 7. The highest BCUT2D eigenvalue weighted by Crippen LogP contribution is 2.33. The van der Waals surface area contributed by atoms with Gasteiger partial charge in [0.15, 0.2) is 0 Å². The van der Waals surface area contributed by atoms with Gasteiger partial charge >= 0.3 is 6.09 Å². The van der Waals surface area contributed by atoms with Crippen LogP contribution in [-0.2, 0) is 20.8 Å². The van der Waals surface area contributed by atoms with Crippen molar-refractivity contribution in [3.05, 3.63) is 35.1 Å². The van der Waals surface area contributed by atoms with E-state index in [0.29, 0.717) is 63.3 Å². The van der Waals surface area contributed by atoms with Crippen LogP contribution in [0.15, 0.2) is 18.2 Å². The molecule has 8 nitrogen and oxygen atoms in total. The average Bonchev–Trinajstić information content (AvgIpc) is 3.46. The molecule has 2 unspecified atom stereocenters. The average molecular weight is 445 g/mol. The van der Waals surface area contributed by atoms with Crippen LogP contribution >= 0.6 is 0 Å². The summed E-state index contributed by atoms with van der Waals surface area (Å²) in [5.41, 5.74) is 1.08. The lowest BCUT2D eigenvalue weighted by Crippen LogP contribution is -2.47. The highest BCUT2D eigenvalue weighted by atomic mass is 19.1. The third-order valence-corrected chi connectivity index (χ3v) is 6.60. The number of hydrogen-bond donors (Lipinski definition) is 0. The standard InChI is InChI=1S/C23H29FN4O4/c1-3-20(31-4-2)22(29)27-8-7-18(12-27)28-19-13-26(14-21(19)32-23(28)30)11-16-9-17(24)6-5-15(16)10-25/h5-6,9,18-21H,3-4,7-8,11-14H2,1-2H3/t18?,19-,20?,21+/m1/s1. The molecule has 4 atom stereocenters. The summed E-state index contributed by atoms with van der Waals surface area (Å²) in [6.07, 6.45) is 0.274. The predicted octanol–water partition coefficient (Wildman–Crippen LogP) is 2.12. The van der Waals surface area contributed by atoms with E-state index in [2.05, 4.69) is 11.0 Å². The molecule has 1 aromatic carbocycles. The van der Waals surface area contributed by atoms with E-state index in [-0.39, 0.29) is 36.0 Å². The summed E-state index contributed by atoms with van der Waals surface area (Å²) in [6, 6.07) is 6.06. The molecule has 3 saturated heterocycles. The number of hydrogen-bond acceptors (Lipinski definition) is 6. The first-order chi connectivity index (χ1) is 15.4. The molecule has 0 saturated carbocycles. The van der Waals surface area contributed by atoms with Gasteiger partial charge in [0.1, 0.15) is 18.0 Å². The van der Waals surface area contributed by atoms with E-state index in [9.17, 15) is 19.2 Å². The van der Waals surface area contributed by atoms with Gasteiger partial charge in [0.25, 0.3) is 5.91 Å². The molecular weight excluding hydrogens is 415 g/mol. The van der Waals surface area contributed by atoms with E-state index in [1.165, 1.54) is 18.2 Å². The van der Waals surface area contributed by atoms with Crippen molar-refractivity contribution in [3.63, 3.8) is 0 Å². The molecule has 3 fully saturated rings. The van der Waals surface area contributed by atoms with Crippen LogP contribution in [0, 0.1) is 17.1 Å². The number of carbonyl (C=O) groups is 2. The largest absolute Gasteiger partial charge is 0.442 e. The summed E-state index contributed by atoms with van der Waals surface area (Å²) in [5, 5.41) is 9.32. The SMILES string of the molecule is CCOC(CC)C(=O)N1CCC(N2C(=O)O[C@H]3CN(Cc4cc(F)ccc4C#N)C[C@H]32)C1. The molecule has 172 valence electrons. The normalized spacial score (nSPS) is 26.2.